The highest BCUT2D eigenvalue weighted by Crippen LogP contribution is 2.29. The number of carbonyl (C=O) groups is 1. The highest BCUT2D eigenvalue weighted by Gasteiger charge is 2.16. The lowest BCUT2D eigenvalue weighted by molar-refractivity contribution is 0.0918. The number of rotatable bonds is 7. The molecule has 0 unspecified atom stereocenters. The van der Waals surface area contributed by atoms with E-state index >= 15 is 0 Å². The quantitative estimate of drug-likeness (QED) is 0.367. The number of methoxy groups -OCH3 is 2. The van der Waals surface area contributed by atoms with Crippen LogP contribution in [0.25, 0.3) is 22.4 Å². The summed E-state index contributed by atoms with van der Waals surface area (Å²) < 4.78 is 18.0. The van der Waals surface area contributed by atoms with Crippen LogP contribution in [0, 0.1) is 10.2 Å². The van der Waals surface area contributed by atoms with Crippen LogP contribution in [0.4, 0.5) is 0 Å². The molecule has 0 aliphatic rings. The number of aromatic amines is 1. The lowest BCUT2D eigenvalue weighted by atomic mass is 10.2. The Balaban J connectivity index is 1.50. The van der Waals surface area contributed by atoms with Gasteiger partial charge in [0.1, 0.15) is 5.49 Å². The van der Waals surface area contributed by atoms with Gasteiger partial charge in [-0.2, -0.15) is 0 Å². The van der Waals surface area contributed by atoms with Crippen LogP contribution in [0.3, 0.4) is 0 Å². The number of nitrogens with one attached hydrogen (secondary N) is 3. The third kappa shape index (κ3) is 4.10. The van der Waals surface area contributed by atoms with Gasteiger partial charge in [-0.3, -0.25) is 10.2 Å². The number of amides is 1. The molecule has 0 fully saturated rings. The molecule has 4 rings (SSSR count). The van der Waals surface area contributed by atoms with Crippen molar-refractivity contribution in [3.05, 3.63) is 58.6 Å². The van der Waals surface area contributed by atoms with Gasteiger partial charge >= 0.3 is 11.8 Å². The molecule has 0 saturated heterocycles. The molecule has 4 aromatic rings. The normalized spacial score (nSPS) is 10.8. The van der Waals surface area contributed by atoms with Crippen molar-refractivity contribution in [1.82, 2.24) is 25.1 Å². The SMILES string of the molecule is COc1cc2[nH]c(=S)n(CCNC(=O)c3nnc(-c4ccccc4)o3)c(=N)c2cc1OC. The minimum Gasteiger partial charge on any atom is -0.493 e. The van der Waals surface area contributed by atoms with Gasteiger partial charge in [-0.25, -0.2) is 0 Å². The summed E-state index contributed by atoms with van der Waals surface area (Å²) in [6, 6.07) is 12.6. The Morgan fingerprint density at radius 2 is 1.91 bits per heavy atom. The maximum atomic E-state index is 12.4. The van der Waals surface area contributed by atoms with Crippen molar-refractivity contribution in [2.75, 3.05) is 20.8 Å². The second-order valence-electron chi connectivity index (χ2n) is 6.72. The maximum Gasteiger partial charge on any atom is 0.308 e. The lowest BCUT2D eigenvalue weighted by Gasteiger charge is -2.13. The second kappa shape index (κ2) is 9.02. The monoisotopic (exact) mass is 452 g/mol. The number of hydrogen-bond acceptors (Lipinski definition) is 8. The van der Waals surface area contributed by atoms with Crippen LogP contribution in [0.15, 0.2) is 46.9 Å². The Kier molecular flexibility index (Phi) is 5.99. The molecule has 2 aromatic carbocycles. The summed E-state index contributed by atoms with van der Waals surface area (Å²) >= 11 is 5.40. The molecular weight excluding hydrogens is 432 g/mol. The minimum atomic E-state index is -0.506. The van der Waals surface area contributed by atoms with Crippen molar-refractivity contribution in [3.8, 4) is 23.0 Å². The number of H-pyrrole nitrogens is 1. The van der Waals surface area contributed by atoms with E-state index in [4.69, 9.17) is 31.5 Å². The van der Waals surface area contributed by atoms with Gasteiger partial charge in [-0.15, -0.1) is 10.2 Å². The standard InChI is InChI=1S/C21H20N6O4S/c1-29-15-10-13-14(11-16(15)30-2)24-21(32)27(17(13)22)9-8-23-18(28)20-26-25-19(31-20)12-6-4-3-5-7-12/h3-7,10-11,22H,8-9H2,1-2H3,(H,23,28)(H,24,32). The third-order valence-electron chi connectivity index (χ3n) is 4.80. The molecule has 0 saturated carbocycles. The van der Waals surface area contributed by atoms with Crippen LogP contribution in [-0.2, 0) is 6.54 Å². The van der Waals surface area contributed by atoms with Crippen LogP contribution in [-0.4, -0.2) is 46.4 Å². The minimum absolute atomic E-state index is 0.138. The predicted octanol–water partition coefficient (Wildman–Crippen LogP) is 2.68. The Bertz CT molecular complexity index is 1390. The molecule has 2 heterocycles. The molecule has 0 spiro atoms. The van der Waals surface area contributed by atoms with E-state index in [0.29, 0.717) is 27.2 Å². The number of aromatic nitrogens is 4. The first kappa shape index (κ1) is 21.2. The van der Waals surface area contributed by atoms with Gasteiger partial charge in [0.15, 0.2) is 16.3 Å². The van der Waals surface area contributed by atoms with E-state index in [1.807, 2.05) is 30.3 Å². The number of hydrogen-bond donors (Lipinski definition) is 3. The molecule has 3 N–H and O–H groups in total. The summed E-state index contributed by atoms with van der Waals surface area (Å²) in [5.41, 5.74) is 1.56. The zero-order valence-corrected chi connectivity index (χ0v) is 18.2. The van der Waals surface area contributed by atoms with Crippen molar-refractivity contribution in [2.45, 2.75) is 6.54 Å². The predicted molar refractivity (Wildman–Crippen MR) is 118 cm³/mol. The molecule has 0 radical (unpaired) electrons. The van der Waals surface area contributed by atoms with Crippen LogP contribution >= 0.6 is 12.2 Å². The molecular formula is C21H20N6O4S. The highest BCUT2D eigenvalue weighted by molar-refractivity contribution is 7.71. The summed E-state index contributed by atoms with van der Waals surface area (Å²) in [5.74, 6) is 0.656. The number of benzene rings is 2. The van der Waals surface area contributed by atoms with Crippen molar-refractivity contribution in [1.29, 1.82) is 5.41 Å². The van der Waals surface area contributed by atoms with Gasteiger partial charge in [0.2, 0.25) is 5.89 Å². The zero-order valence-electron chi connectivity index (χ0n) is 17.3. The lowest BCUT2D eigenvalue weighted by Crippen LogP contribution is -2.32. The Morgan fingerprint density at radius 3 is 2.62 bits per heavy atom. The average Bonchev–Trinajstić information content (AvgIpc) is 3.31. The summed E-state index contributed by atoms with van der Waals surface area (Å²) in [5, 5.41) is 19.6. The summed E-state index contributed by atoms with van der Waals surface area (Å²) in [4.78, 5) is 15.5. The number of nitrogens with zero attached hydrogens (tertiary/aromatic N) is 3. The number of ether oxygens (including phenoxy) is 2. The number of carbonyl (C=O) groups excluding carboxylic acids is 1. The molecule has 0 aliphatic carbocycles. The molecule has 0 atom stereocenters. The first-order valence-electron chi connectivity index (χ1n) is 9.62. The smallest absolute Gasteiger partial charge is 0.308 e. The Morgan fingerprint density at radius 1 is 1.19 bits per heavy atom. The fourth-order valence-corrected chi connectivity index (χ4v) is 3.48. The molecule has 0 aliphatic heterocycles. The number of fused-ring (bicyclic) bond motifs is 1. The van der Waals surface area contributed by atoms with E-state index < -0.39 is 5.91 Å². The van der Waals surface area contributed by atoms with Crippen LogP contribution in [0.1, 0.15) is 10.7 Å². The van der Waals surface area contributed by atoms with Gasteiger partial charge in [-0.05, 0) is 30.4 Å². The molecule has 2 aromatic heterocycles. The molecule has 1 amide bonds. The van der Waals surface area contributed by atoms with Crippen molar-refractivity contribution in [2.24, 2.45) is 0 Å². The van der Waals surface area contributed by atoms with E-state index in [1.165, 1.54) is 14.2 Å². The second-order valence-corrected chi connectivity index (χ2v) is 7.10. The highest BCUT2D eigenvalue weighted by atomic mass is 32.1. The van der Waals surface area contributed by atoms with Gasteiger partial charge in [0.05, 0.1) is 19.7 Å². The third-order valence-corrected chi connectivity index (χ3v) is 5.12. The molecule has 164 valence electrons. The summed E-state index contributed by atoms with van der Waals surface area (Å²) in [6.07, 6.45) is 0. The molecule has 0 bridgehead atoms. The van der Waals surface area contributed by atoms with Gasteiger partial charge < -0.3 is 28.8 Å². The average molecular weight is 452 g/mol. The largest absolute Gasteiger partial charge is 0.493 e. The fourth-order valence-electron chi connectivity index (χ4n) is 3.19. The van der Waals surface area contributed by atoms with Crippen LogP contribution in [0.2, 0.25) is 0 Å². The van der Waals surface area contributed by atoms with E-state index in [2.05, 4.69) is 20.5 Å². The van der Waals surface area contributed by atoms with E-state index in [0.717, 1.165) is 5.56 Å². The fraction of sp³-hybridized carbons (Fsp3) is 0.190. The maximum absolute atomic E-state index is 12.4. The van der Waals surface area contributed by atoms with Crippen molar-refractivity contribution >= 4 is 29.0 Å². The van der Waals surface area contributed by atoms with Crippen molar-refractivity contribution < 1.29 is 18.7 Å². The van der Waals surface area contributed by atoms with Crippen LogP contribution in [0.5, 0.6) is 11.5 Å². The van der Waals surface area contributed by atoms with E-state index in [1.54, 1.807) is 16.7 Å². The molecule has 32 heavy (non-hydrogen) atoms. The van der Waals surface area contributed by atoms with Crippen LogP contribution < -0.4 is 20.3 Å². The molecule has 11 heteroatoms. The first-order valence-corrected chi connectivity index (χ1v) is 10.0. The summed E-state index contributed by atoms with van der Waals surface area (Å²) in [6.45, 7) is 0.471. The first-order chi connectivity index (χ1) is 15.5. The van der Waals surface area contributed by atoms with Gasteiger partial charge in [-0.1, -0.05) is 18.2 Å². The Hall–Kier alpha value is -3.99. The van der Waals surface area contributed by atoms with E-state index in [-0.39, 0.29) is 30.4 Å². The van der Waals surface area contributed by atoms with Gasteiger partial charge in [0.25, 0.3) is 0 Å². The van der Waals surface area contributed by atoms with Gasteiger partial charge in [0, 0.05) is 30.1 Å². The Labute approximate surface area is 187 Å². The molecule has 10 nitrogen and oxygen atoms in total. The zero-order chi connectivity index (χ0) is 22.7. The van der Waals surface area contributed by atoms with E-state index in [9.17, 15) is 4.79 Å². The topological polar surface area (TPSA) is 131 Å². The summed E-state index contributed by atoms with van der Waals surface area (Å²) in [7, 11) is 3.07. The van der Waals surface area contributed by atoms with Crippen molar-refractivity contribution in [3.63, 3.8) is 0 Å².